The molecule has 5 heteroatoms. The highest BCUT2D eigenvalue weighted by Crippen LogP contribution is 2.17. The lowest BCUT2D eigenvalue weighted by molar-refractivity contribution is -0.142. The lowest BCUT2D eigenvalue weighted by Crippen LogP contribution is -2.37. The molecule has 0 radical (unpaired) electrons. The monoisotopic (exact) mass is 301 g/mol. The van der Waals surface area contributed by atoms with E-state index in [1.807, 2.05) is 24.3 Å². The standard InChI is InChI=1S/C12H16BrNO3/c1-8(12(16)17-2)14-7-11(15)9-4-3-5-10(13)6-9/h3-6,8,11,14-15H,7H2,1-2H3. The van der Waals surface area contributed by atoms with E-state index in [0.717, 1.165) is 10.0 Å². The Kier molecular flexibility index (Phi) is 5.61. The van der Waals surface area contributed by atoms with Gasteiger partial charge in [-0.2, -0.15) is 0 Å². The second-order valence-electron chi connectivity index (χ2n) is 3.72. The molecule has 2 N–H and O–H groups in total. The molecule has 0 saturated carbocycles. The van der Waals surface area contributed by atoms with Crippen LogP contribution in [0.1, 0.15) is 18.6 Å². The summed E-state index contributed by atoms with van der Waals surface area (Å²) in [6, 6.07) is 6.99. The summed E-state index contributed by atoms with van der Waals surface area (Å²) in [6.45, 7) is 1.99. The largest absolute Gasteiger partial charge is 0.468 e. The van der Waals surface area contributed by atoms with E-state index in [-0.39, 0.29) is 5.97 Å². The zero-order valence-electron chi connectivity index (χ0n) is 9.81. The van der Waals surface area contributed by atoms with Crippen molar-refractivity contribution in [1.82, 2.24) is 5.32 Å². The maximum atomic E-state index is 11.1. The minimum Gasteiger partial charge on any atom is -0.468 e. The molecule has 94 valence electrons. The van der Waals surface area contributed by atoms with Crippen molar-refractivity contribution >= 4 is 21.9 Å². The first-order valence-corrected chi connectivity index (χ1v) is 6.08. The van der Waals surface area contributed by atoms with Crippen molar-refractivity contribution in [2.75, 3.05) is 13.7 Å². The third-order valence-electron chi connectivity index (χ3n) is 2.41. The Morgan fingerprint density at radius 1 is 1.59 bits per heavy atom. The van der Waals surface area contributed by atoms with Crippen LogP contribution in [0, 0.1) is 0 Å². The fraction of sp³-hybridized carbons (Fsp3) is 0.417. The molecule has 1 rings (SSSR count). The van der Waals surface area contributed by atoms with Gasteiger partial charge in [0.15, 0.2) is 0 Å². The number of hydrogen-bond acceptors (Lipinski definition) is 4. The van der Waals surface area contributed by atoms with Crippen molar-refractivity contribution < 1.29 is 14.6 Å². The predicted molar refractivity (Wildman–Crippen MR) is 68.6 cm³/mol. The number of benzene rings is 1. The third kappa shape index (κ3) is 4.46. The van der Waals surface area contributed by atoms with Crippen molar-refractivity contribution in [2.45, 2.75) is 19.1 Å². The molecule has 0 spiro atoms. The average molecular weight is 302 g/mol. The van der Waals surface area contributed by atoms with Gasteiger partial charge in [-0.3, -0.25) is 4.79 Å². The minimum atomic E-state index is -0.653. The van der Waals surface area contributed by atoms with E-state index >= 15 is 0 Å². The first-order valence-electron chi connectivity index (χ1n) is 5.29. The number of aliphatic hydroxyl groups excluding tert-OH is 1. The number of carbonyl (C=O) groups is 1. The Hall–Kier alpha value is -0.910. The molecule has 1 aromatic rings. The molecule has 0 fully saturated rings. The van der Waals surface area contributed by atoms with E-state index < -0.39 is 12.1 Å². The van der Waals surface area contributed by atoms with Crippen LogP contribution in [0.15, 0.2) is 28.7 Å². The van der Waals surface area contributed by atoms with Crippen molar-refractivity contribution in [3.05, 3.63) is 34.3 Å². The highest BCUT2D eigenvalue weighted by atomic mass is 79.9. The van der Waals surface area contributed by atoms with E-state index in [1.165, 1.54) is 7.11 Å². The number of nitrogens with one attached hydrogen (secondary N) is 1. The topological polar surface area (TPSA) is 58.6 Å². The minimum absolute atomic E-state index is 0.298. The van der Waals surface area contributed by atoms with Gasteiger partial charge in [-0.15, -0.1) is 0 Å². The summed E-state index contributed by atoms with van der Waals surface area (Å²) < 4.78 is 5.49. The van der Waals surface area contributed by atoms with Crippen LogP contribution in [-0.2, 0) is 9.53 Å². The summed E-state index contributed by atoms with van der Waals surface area (Å²) in [6.07, 6.45) is -0.653. The van der Waals surface area contributed by atoms with Crippen LogP contribution in [0.25, 0.3) is 0 Å². The molecule has 4 nitrogen and oxygen atoms in total. The zero-order valence-corrected chi connectivity index (χ0v) is 11.4. The van der Waals surface area contributed by atoms with Crippen molar-refractivity contribution in [3.63, 3.8) is 0 Å². The van der Waals surface area contributed by atoms with E-state index in [2.05, 4.69) is 26.0 Å². The Morgan fingerprint density at radius 3 is 2.88 bits per heavy atom. The summed E-state index contributed by atoms with van der Waals surface area (Å²) in [5, 5.41) is 12.8. The maximum absolute atomic E-state index is 11.1. The molecule has 2 unspecified atom stereocenters. The molecule has 0 amide bonds. The van der Waals surface area contributed by atoms with Crippen LogP contribution in [0.2, 0.25) is 0 Å². The van der Waals surface area contributed by atoms with E-state index in [4.69, 9.17) is 0 Å². The van der Waals surface area contributed by atoms with Crippen LogP contribution < -0.4 is 5.32 Å². The molecule has 1 aromatic carbocycles. The van der Waals surface area contributed by atoms with Gasteiger partial charge in [-0.25, -0.2) is 0 Å². The normalized spacial score (nSPS) is 14.1. The lowest BCUT2D eigenvalue weighted by atomic mass is 10.1. The number of rotatable bonds is 5. The van der Waals surface area contributed by atoms with Gasteiger partial charge in [0, 0.05) is 11.0 Å². The Labute approximate surface area is 109 Å². The fourth-order valence-electron chi connectivity index (χ4n) is 1.38. The van der Waals surface area contributed by atoms with E-state index in [9.17, 15) is 9.90 Å². The second kappa shape index (κ2) is 6.74. The maximum Gasteiger partial charge on any atom is 0.322 e. The Morgan fingerprint density at radius 2 is 2.29 bits per heavy atom. The predicted octanol–water partition coefficient (Wildman–Crippen LogP) is 1.63. The van der Waals surface area contributed by atoms with Gasteiger partial charge >= 0.3 is 5.97 Å². The second-order valence-corrected chi connectivity index (χ2v) is 4.64. The summed E-state index contributed by atoms with van der Waals surface area (Å²) in [4.78, 5) is 11.1. The number of methoxy groups -OCH3 is 1. The number of ether oxygens (including phenoxy) is 1. The number of halogens is 1. The van der Waals surface area contributed by atoms with Gasteiger partial charge in [0.05, 0.1) is 13.2 Å². The molecular weight excluding hydrogens is 286 g/mol. The van der Waals surface area contributed by atoms with Gasteiger partial charge < -0.3 is 15.2 Å². The molecule has 17 heavy (non-hydrogen) atoms. The molecule has 0 saturated heterocycles. The fourth-order valence-corrected chi connectivity index (χ4v) is 1.80. The molecule has 0 aliphatic carbocycles. The summed E-state index contributed by atoms with van der Waals surface area (Å²) in [5.41, 5.74) is 0.795. The van der Waals surface area contributed by atoms with Crippen LogP contribution >= 0.6 is 15.9 Å². The first-order chi connectivity index (χ1) is 8.04. The highest BCUT2D eigenvalue weighted by molar-refractivity contribution is 9.10. The smallest absolute Gasteiger partial charge is 0.322 e. The first kappa shape index (κ1) is 14.2. The lowest BCUT2D eigenvalue weighted by Gasteiger charge is -2.15. The number of aliphatic hydroxyl groups is 1. The summed E-state index contributed by atoms with van der Waals surface area (Å²) >= 11 is 3.34. The summed E-state index contributed by atoms with van der Waals surface area (Å²) in [5.74, 6) is -0.341. The highest BCUT2D eigenvalue weighted by Gasteiger charge is 2.15. The van der Waals surface area contributed by atoms with Crippen LogP contribution in [0.5, 0.6) is 0 Å². The number of hydrogen-bond donors (Lipinski definition) is 2. The molecule has 0 aliphatic rings. The van der Waals surface area contributed by atoms with Crippen LogP contribution in [0.3, 0.4) is 0 Å². The van der Waals surface area contributed by atoms with Gasteiger partial charge in [0.25, 0.3) is 0 Å². The van der Waals surface area contributed by atoms with E-state index in [1.54, 1.807) is 6.92 Å². The quantitative estimate of drug-likeness (QED) is 0.812. The van der Waals surface area contributed by atoms with Crippen molar-refractivity contribution in [3.8, 4) is 0 Å². The third-order valence-corrected chi connectivity index (χ3v) is 2.90. The SMILES string of the molecule is COC(=O)C(C)NCC(O)c1cccc(Br)c1. The molecule has 0 aromatic heterocycles. The molecule has 2 atom stereocenters. The van der Waals surface area contributed by atoms with Gasteiger partial charge in [-0.05, 0) is 24.6 Å². The van der Waals surface area contributed by atoms with Crippen LogP contribution in [-0.4, -0.2) is 30.8 Å². The molecule has 0 bridgehead atoms. The molecule has 0 heterocycles. The number of carbonyl (C=O) groups excluding carboxylic acids is 1. The number of esters is 1. The van der Waals surface area contributed by atoms with Gasteiger partial charge in [-0.1, -0.05) is 28.1 Å². The van der Waals surface area contributed by atoms with Crippen molar-refractivity contribution in [1.29, 1.82) is 0 Å². The molecular formula is C12H16BrNO3. The van der Waals surface area contributed by atoms with E-state index in [0.29, 0.717) is 6.54 Å². The Bertz CT molecular complexity index is 384. The zero-order chi connectivity index (χ0) is 12.8. The van der Waals surface area contributed by atoms with Crippen LogP contribution in [0.4, 0.5) is 0 Å². The van der Waals surface area contributed by atoms with Gasteiger partial charge in [0.2, 0.25) is 0 Å². The summed E-state index contributed by atoms with van der Waals surface area (Å²) in [7, 11) is 1.34. The average Bonchev–Trinajstić information content (AvgIpc) is 2.34. The molecule has 0 aliphatic heterocycles. The van der Waals surface area contributed by atoms with Gasteiger partial charge in [0.1, 0.15) is 6.04 Å². The van der Waals surface area contributed by atoms with Crippen molar-refractivity contribution in [2.24, 2.45) is 0 Å². The Balaban J connectivity index is 2.50.